The van der Waals surface area contributed by atoms with Crippen molar-refractivity contribution in [3.05, 3.63) is 40.4 Å². The Morgan fingerprint density at radius 3 is 2.70 bits per heavy atom. The standard InChI is InChI=1S/C16H20N2OS/c1-16(2,3)14-13(10-19)20-15(17-14)18-9-8-11-6-4-5-7-12(11)18/h4-7,19H,8-10H2,1-3H3. The van der Waals surface area contributed by atoms with E-state index >= 15 is 0 Å². The highest BCUT2D eigenvalue weighted by Crippen LogP contribution is 2.40. The minimum Gasteiger partial charge on any atom is -0.391 e. The maximum absolute atomic E-state index is 9.59. The summed E-state index contributed by atoms with van der Waals surface area (Å²) in [5.41, 5.74) is 3.62. The van der Waals surface area contributed by atoms with E-state index in [-0.39, 0.29) is 12.0 Å². The van der Waals surface area contributed by atoms with Gasteiger partial charge in [-0.3, -0.25) is 0 Å². The van der Waals surface area contributed by atoms with Crippen LogP contribution < -0.4 is 4.90 Å². The van der Waals surface area contributed by atoms with Gasteiger partial charge in [0.2, 0.25) is 0 Å². The van der Waals surface area contributed by atoms with Gasteiger partial charge >= 0.3 is 0 Å². The molecule has 2 aromatic rings. The summed E-state index contributed by atoms with van der Waals surface area (Å²) in [6.45, 7) is 7.47. The summed E-state index contributed by atoms with van der Waals surface area (Å²) in [5, 5.41) is 10.6. The van der Waals surface area contributed by atoms with E-state index < -0.39 is 0 Å². The first-order chi connectivity index (χ1) is 9.50. The van der Waals surface area contributed by atoms with Crippen LogP contribution in [-0.4, -0.2) is 16.6 Å². The molecule has 0 unspecified atom stereocenters. The van der Waals surface area contributed by atoms with Gasteiger partial charge in [0.15, 0.2) is 5.13 Å². The number of aliphatic hydroxyl groups excluding tert-OH is 1. The Bertz CT molecular complexity index is 628. The molecular formula is C16H20N2OS. The molecule has 3 nitrogen and oxygen atoms in total. The third kappa shape index (κ3) is 2.23. The number of hydrogen-bond donors (Lipinski definition) is 1. The maximum atomic E-state index is 9.59. The first kappa shape index (κ1) is 13.6. The highest BCUT2D eigenvalue weighted by atomic mass is 32.1. The molecule has 1 aromatic heterocycles. The molecule has 0 aliphatic carbocycles. The van der Waals surface area contributed by atoms with Crippen LogP contribution in [0.2, 0.25) is 0 Å². The average Bonchev–Trinajstić information content (AvgIpc) is 3.01. The summed E-state index contributed by atoms with van der Waals surface area (Å²) < 4.78 is 0. The topological polar surface area (TPSA) is 36.4 Å². The zero-order valence-corrected chi connectivity index (χ0v) is 13.0. The summed E-state index contributed by atoms with van der Waals surface area (Å²) in [6.07, 6.45) is 1.06. The zero-order valence-electron chi connectivity index (χ0n) is 12.2. The van der Waals surface area contributed by atoms with Crippen molar-refractivity contribution in [2.24, 2.45) is 0 Å². The van der Waals surface area contributed by atoms with E-state index in [1.54, 1.807) is 11.3 Å². The molecule has 3 rings (SSSR count). The van der Waals surface area contributed by atoms with Crippen LogP contribution in [0.3, 0.4) is 0 Å². The van der Waals surface area contributed by atoms with Crippen LogP contribution in [0, 0.1) is 0 Å². The van der Waals surface area contributed by atoms with Crippen LogP contribution >= 0.6 is 11.3 Å². The SMILES string of the molecule is CC(C)(C)c1nc(N2CCc3ccccc32)sc1CO. The fourth-order valence-corrected chi connectivity index (χ4v) is 3.86. The van der Waals surface area contributed by atoms with E-state index in [0.717, 1.165) is 28.7 Å². The molecule has 1 aliphatic heterocycles. The molecule has 2 heterocycles. The van der Waals surface area contributed by atoms with Crippen LogP contribution in [-0.2, 0) is 18.4 Å². The number of thiazole rings is 1. The maximum Gasteiger partial charge on any atom is 0.190 e. The van der Waals surface area contributed by atoms with Crippen molar-refractivity contribution < 1.29 is 5.11 Å². The Morgan fingerprint density at radius 2 is 2.05 bits per heavy atom. The van der Waals surface area contributed by atoms with E-state index in [1.165, 1.54) is 11.3 Å². The first-order valence-corrected chi connectivity index (χ1v) is 7.79. The fraction of sp³-hybridized carbons (Fsp3) is 0.438. The number of hydrogen-bond acceptors (Lipinski definition) is 4. The molecule has 1 aromatic carbocycles. The largest absolute Gasteiger partial charge is 0.391 e. The van der Waals surface area contributed by atoms with Gasteiger partial charge in [0.1, 0.15) is 0 Å². The predicted molar refractivity (Wildman–Crippen MR) is 83.9 cm³/mol. The lowest BCUT2D eigenvalue weighted by Gasteiger charge is -2.18. The van der Waals surface area contributed by atoms with E-state index in [4.69, 9.17) is 4.98 Å². The van der Waals surface area contributed by atoms with Crippen molar-refractivity contribution in [3.8, 4) is 0 Å². The molecule has 0 bridgehead atoms. The lowest BCUT2D eigenvalue weighted by atomic mass is 9.91. The van der Waals surface area contributed by atoms with Crippen LogP contribution in [0.4, 0.5) is 10.8 Å². The van der Waals surface area contributed by atoms with Crippen molar-refractivity contribution in [1.82, 2.24) is 4.98 Å². The Morgan fingerprint density at radius 1 is 1.30 bits per heavy atom. The van der Waals surface area contributed by atoms with Gasteiger partial charge < -0.3 is 10.0 Å². The van der Waals surface area contributed by atoms with Crippen molar-refractivity contribution in [2.45, 2.75) is 39.2 Å². The summed E-state index contributed by atoms with van der Waals surface area (Å²) >= 11 is 1.61. The minimum absolute atomic E-state index is 0.0357. The Kier molecular flexibility index (Phi) is 3.30. The van der Waals surface area contributed by atoms with Crippen molar-refractivity contribution >= 4 is 22.2 Å². The van der Waals surface area contributed by atoms with Gasteiger partial charge in [0, 0.05) is 17.6 Å². The van der Waals surface area contributed by atoms with Crippen LogP contribution in [0.1, 0.15) is 36.9 Å². The lowest BCUT2D eigenvalue weighted by molar-refractivity contribution is 0.282. The quantitative estimate of drug-likeness (QED) is 0.917. The third-order valence-corrected chi connectivity index (χ3v) is 4.72. The Hall–Kier alpha value is -1.39. The number of rotatable bonds is 2. The molecule has 0 saturated carbocycles. The van der Waals surface area contributed by atoms with Gasteiger partial charge in [-0.05, 0) is 18.1 Å². The monoisotopic (exact) mass is 288 g/mol. The van der Waals surface area contributed by atoms with Crippen molar-refractivity contribution in [1.29, 1.82) is 0 Å². The summed E-state index contributed by atoms with van der Waals surface area (Å²) in [5.74, 6) is 0. The highest BCUT2D eigenvalue weighted by Gasteiger charge is 2.27. The van der Waals surface area contributed by atoms with Gasteiger partial charge in [-0.15, -0.1) is 0 Å². The second-order valence-corrected chi connectivity index (χ2v) is 7.27. The Balaban J connectivity index is 2.03. The van der Waals surface area contributed by atoms with Gasteiger partial charge in [0.25, 0.3) is 0 Å². The number of nitrogens with zero attached hydrogens (tertiary/aromatic N) is 2. The van der Waals surface area contributed by atoms with Crippen LogP contribution in [0.5, 0.6) is 0 Å². The molecular weight excluding hydrogens is 268 g/mol. The molecule has 0 fully saturated rings. The summed E-state index contributed by atoms with van der Waals surface area (Å²) in [7, 11) is 0. The van der Waals surface area contributed by atoms with Crippen molar-refractivity contribution in [2.75, 3.05) is 11.4 Å². The molecule has 0 radical (unpaired) electrons. The number of aliphatic hydroxyl groups is 1. The number of anilines is 2. The number of aromatic nitrogens is 1. The molecule has 1 N–H and O–H groups in total. The summed E-state index contributed by atoms with van der Waals surface area (Å²) in [6, 6.07) is 8.49. The number of para-hydroxylation sites is 1. The number of fused-ring (bicyclic) bond motifs is 1. The smallest absolute Gasteiger partial charge is 0.190 e. The third-order valence-electron chi connectivity index (χ3n) is 3.66. The molecule has 4 heteroatoms. The zero-order chi connectivity index (χ0) is 14.3. The lowest BCUT2D eigenvalue weighted by Crippen LogP contribution is -2.16. The molecule has 0 saturated heterocycles. The van der Waals surface area contributed by atoms with E-state index in [1.807, 2.05) is 0 Å². The normalized spacial score (nSPS) is 14.7. The highest BCUT2D eigenvalue weighted by molar-refractivity contribution is 7.15. The van der Waals surface area contributed by atoms with Crippen LogP contribution in [0.15, 0.2) is 24.3 Å². The molecule has 0 atom stereocenters. The first-order valence-electron chi connectivity index (χ1n) is 6.97. The molecule has 0 spiro atoms. The van der Waals surface area contributed by atoms with Crippen molar-refractivity contribution in [3.63, 3.8) is 0 Å². The molecule has 1 aliphatic rings. The minimum atomic E-state index is -0.0357. The van der Waals surface area contributed by atoms with Crippen LogP contribution in [0.25, 0.3) is 0 Å². The van der Waals surface area contributed by atoms with Gasteiger partial charge in [-0.1, -0.05) is 50.3 Å². The van der Waals surface area contributed by atoms with Gasteiger partial charge in [-0.2, -0.15) is 0 Å². The van der Waals surface area contributed by atoms with E-state index in [2.05, 4.69) is 49.9 Å². The van der Waals surface area contributed by atoms with Gasteiger partial charge in [0.05, 0.1) is 17.2 Å². The van der Waals surface area contributed by atoms with Gasteiger partial charge in [-0.25, -0.2) is 4.98 Å². The number of benzene rings is 1. The average molecular weight is 288 g/mol. The second kappa shape index (κ2) is 4.86. The Labute approximate surface area is 123 Å². The van der Waals surface area contributed by atoms with E-state index in [9.17, 15) is 5.11 Å². The second-order valence-electron chi connectivity index (χ2n) is 6.21. The molecule has 20 heavy (non-hydrogen) atoms. The fourth-order valence-electron chi connectivity index (χ4n) is 2.68. The van der Waals surface area contributed by atoms with E-state index in [0.29, 0.717) is 0 Å². The molecule has 0 amide bonds. The molecule has 106 valence electrons. The summed E-state index contributed by atoms with van der Waals surface area (Å²) in [4.78, 5) is 8.07. The predicted octanol–water partition coefficient (Wildman–Crippen LogP) is 3.63.